The molecule has 0 atom stereocenters. The zero-order valence-electron chi connectivity index (χ0n) is 59.9. The molecular weight excluding hydrogens is 1340 g/mol. The van der Waals surface area contributed by atoms with Crippen molar-refractivity contribution in [3.8, 4) is 34.2 Å². The molecule has 0 saturated carbocycles. The lowest BCUT2D eigenvalue weighted by atomic mass is 10.1. The summed E-state index contributed by atoms with van der Waals surface area (Å²) in [6.07, 6.45) is 18.0. The molecule has 13 heterocycles. The lowest BCUT2D eigenvalue weighted by Gasteiger charge is -2.32. The Morgan fingerprint density at radius 3 is 1.32 bits per heavy atom. The Labute approximate surface area is 615 Å². The summed E-state index contributed by atoms with van der Waals surface area (Å²) < 4.78 is 11.6. The molecule has 3 aromatic carbocycles. The van der Waals surface area contributed by atoms with Crippen LogP contribution in [-0.4, -0.2) is 232 Å². The number of benzene rings is 3. The molecule has 26 nitrogen and oxygen atoms in total. The van der Waals surface area contributed by atoms with Gasteiger partial charge in [0.15, 0.2) is 0 Å². The Morgan fingerprint density at radius 1 is 0.434 bits per heavy atom. The number of aromatic amines is 3. The third kappa shape index (κ3) is 18.9. The van der Waals surface area contributed by atoms with Crippen molar-refractivity contribution in [2.24, 2.45) is 0 Å². The van der Waals surface area contributed by atoms with E-state index in [4.69, 9.17) is 9.47 Å². The number of hydrogen-bond acceptors (Lipinski definition) is 20. The minimum absolute atomic E-state index is 0.00241. The van der Waals surface area contributed by atoms with Gasteiger partial charge in [0.1, 0.15) is 17.1 Å². The van der Waals surface area contributed by atoms with Crippen LogP contribution in [0.25, 0.3) is 66.9 Å². The van der Waals surface area contributed by atoms with E-state index in [1.807, 2.05) is 160 Å². The van der Waals surface area contributed by atoms with E-state index in [1.54, 1.807) is 37.2 Å². The van der Waals surface area contributed by atoms with Gasteiger partial charge < -0.3 is 69.8 Å². The number of amides is 3. The molecule has 3 amide bonds. The first-order chi connectivity index (χ1) is 52.0. The second-order valence-corrected chi connectivity index (χ2v) is 27.1. The molecule has 26 heteroatoms. The number of fused-ring (bicyclic) bond motifs is 3. The molecule has 544 valence electrons. The smallest absolute Gasteiger partial charge is 0.270 e. The monoisotopic (exact) mass is 1420 g/mol. The maximum atomic E-state index is 13.3. The van der Waals surface area contributed by atoms with Crippen LogP contribution in [0, 0.1) is 0 Å². The second-order valence-electron chi connectivity index (χ2n) is 27.1. The maximum Gasteiger partial charge on any atom is 0.270 e. The number of ether oxygens (including phenoxy) is 2. The molecule has 16 rings (SSSR count). The van der Waals surface area contributed by atoms with Crippen LogP contribution >= 0.6 is 0 Å². The molecule has 4 fully saturated rings. The topological polar surface area (TPSA) is 289 Å². The van der Waals surface area contributed by atoms with Gasteiger partial charge in [-0.25, -0.2) is 29.9 Å². The van der Waals surface area contributed by atoms with Gasteiger partial charge in [-0.3, -0.25) is 29.3 Å². The van der Waals surface area contributed by atoms with Crippen molar-refractivity contribution in [2.45, 2.75) is 51.0 Å². The van der Waals surface area contributed by atoms with E-state index in [2.05, 4.69) is 105 Å². The van der Waals surface area contributed by atoms with E-state index in [0.29, 0.717) is 61.2 Å². The van der Waals surface area contributed by atoms with Crippen molar-refractivity contribution in [1.82, 2.24) is 89.2 Å². The van der Waals surface area contributed by atoms with E-state index in [-0.39, 0.29) is 23.8 Å². The molecule has 6 N–H and O–H groups in total. The second kappa shape index (κ2) is 34.9. The fourth-order valence-electron chi connectivity index (χ4n) is 13.6. The zero-order valence-corrected chi connectivity index (χ0v) is 59.9. The van der Waals surface area contributed by atoms with E-state index in [0.717, 1.165) is 182 Å². The third-order valence-corrected chi connectivity index (χ3v) is 19.2. The Kier molecular flexibility index (Phi) is 23.6. The van der Waals surface area contributed by atoms with Gasteiger partial charge in [-0.1, -0.05) is 18.2 Å². The average molecular weight is 1420 g/mol. The van der Waals surface area contributed by atoms with Crippen LogP contribution < -0.4 is 16.0 Å². The average Bonchev–Trinajstić information content (AvgIpc) is 1.66. The summed E-state index contributed by atoms with van der Waals surface area (Å²) in [7, 11) is 4.22. The van der Waals surface area contributed by atoms with E-state index >= 15 is 0 Å². The Hall–Kier alpha value is -11.4. The van der Waals surface area contributed by atoms with Gasteiger partial charge in [0.05, 0.1) is 53.5 Å². The predicted octanol–water partition coefficient (Wildman–Crippen LogP) is 12.0. The van der Waals surface area contributed by atoms with Crippen LogP contribution in [0.2, 0.25) is 0 Å². The number of anilines is 6. The highest BCUT2D eigenvalue weighted by molar-refractivity contribution is 6.01. The summed E-state index contributed by atoms with van der Waals surface area (Å²) in [6.45, 7) is 13.9. The molecule has 4 saturated heterocycles. The first-order valence-corrected chi connectivity index (χ1v) is 36.6. The number of hydrogen-bond donors (Lipinski definition) is 6. The number of rotatable bonds is 20. The molecule has 4 aliphatic rings. The summed E-state index contributed by atoms with van der Waals surface area (Å²) in [5, 5.41) is 12.7. The molecule has 0 bridgehead atoms. The number of nitrogens with zero attached hydrogens (tertiary/aromatic N) is 15. The first-order valence-electron chi connectivity index (χ1n) is 36.6. The molecular formula is C80H89N21O5. The summed E-state index contributed by atoms with van der Waals surface area (Å²) in [5.41, 5.74) is 11.7. The van der Waals surface area contributed by atoms with Crippen LogP contribution in [0.1, 0.15) is 76.4 Å². The molecule has 0 unspecified atom stereocenters. The van der Waals surface area contributed by atoms with E-state index in [1.165, 1.54) is 25.9 Å². The molecule has 4 aliphatic heterocycles. The van der Waals surface area contributed by atoms with Crippen molar-refractivity contribution >= 4 is 85.3 Å². The minimum atomic E-state index is 0.00241. The predicted molar refractivity (Wildman–Crippen MR) is 413 cm³/mol. The van der Waals surface area contributed by atoms with Crippen molar-refractivity contribution in [3.63, 3.8) is 0 Å². The Bertz CT molecular complexity index is 4880. The zero-order chi connectivity index (χ0) is 72.4. The van der Waals surface area contributed by atoms with Crippen LogP contribution in [-0.2, 0) is 9.47 Å². The normalized spacial score (nSPS) is 15.4. The van der Waals surface area contributed by atoms with Gasteiger partial charge in [0, 0.05) is 146 Å². The lowest BCUT2D eigenvalue weighted by Crippen LogP contribution is -2.41. The number of H-pyrrole nitrogens is 3. The summed E-state index contributed by atoms with van der Waals surface area (Å²) in [4.78, 5) is 102. The Morgan fingerprint density at radius 2 is 0.868 bits per heavy atom. The van der Waals surface area contributed by atoms with Crippen LogP contribution in [0.15, 0.2) is 183 Å². The quantitative estimate of drug-likeness (QED) is 0.0413. The number of likely N-dealkylation sites (tertiary alicyclic amines) is 2. The first kappa shape index (κ1) is 71.6. The number of piperidine rings is 1. The summed E-state index contributed by atoms with van der Waals surface area (Å²) in [5.74, 6) is 1.57. The highest BCUT2D eigenvalue weighted by Crippen LogP contribution is 2.29. The van der Waals surface area contributed by atoms with Crippen LogP contribution in [0.3, 0.4) is 0 Å². The van der Waals surface area contributed by atoms with Gasteiger partial charge in [0.2, 0.25) is 17.8 Å². The minimum Gasteiger partial charge on any atom is -0.380 e. The number of pyridine rings is 3. The van der Waals surface area contributed by atoms with Crippen molar-refractivity contribution in [2.75, 3.05) is 135 Å². The summed E-state index contributed by atoms with van der Waals surface area (Å²) >= 11 is 0. The number of nitrogens with one attached hydrogen (secondary N) is 6. The SMILES string of the molecule is CN(C)CCCN1CCCN(C(=O)c2cc3cc(Nc4nccc(-c5ccccn5)n4)ccc3[nH]2)CC1.O=C(c1cc2cc(Nc3nccc(-c4ccccn4)n3)ccc2[nH]1)N1CCC(OCCN2CCCC2)CC1.O=C(c1cc2cc(Nc3nccc(-c4ccccn4)n3)ccc2[nH]1)N1CCCOCC1. The fraction of sp³-hybridized carbons (Fsp3) is 0.325. The van der Waals surface area contributed by atoms with Gasteiger partial charge in [-0.05, 0) is 219 Å². The highest BCUT2D eigenvalue weighted by Gasteiger charge is 2.27. The highest BCUT2D eigenvalue weighted by atomic mass is 16.5. The van der Waals surface area contributed by atoms with E-state index < -0.39 is 0 Å². The van der Waals surface area contributed by atoms with Gasteiger partial charge in [0.25, 0.3) is 17.7 Å². The van der Waals surface area contributed by atoms with Gasteiger partial charge in [-0.2, -0.15) is 0 Å². The Balaban J connectivity index is 0.000000134. The third-order valence-electron chi connectivity index (χ3n) is 19.2. The maximum absolute atomic E-state index is 13.3. The summed E-state index contributed by atoms with van der Waals surface area (Å²) in [6, 6.07) is 46.2. The van der Waals surface area contributed by atoms with Crippen LogP contribution in [0.5, 0.6) is 0 Å². The molecule has 0 aliphatic carbocycles. The number of carbonyl (C=O) groups excluding carboxylic acids is 3. The number of aromatic nitrogens is 12. The molecule has 0 spiro atoms. The standard InChI is InChI=1S/C29H33N7O2.C28H34N8O.C23H22N6O2/c37-28(36-15-9-23(10-16-36)38-18-17-35-13-3-4-14-35)27-20-21-19-22(6-7-24(21)33-27)32-29-31-12-8-26(34-29)25-5-1-2-11-30-25;1-34(2)13-5-14-35-15-6-16-36(18-17-35)27(37)26-20-21-19-22(8-9-23(21)32-26)31-28-30-12-10-25(33-28)24-7-3-4-11-29-24;30-22(29-10-3-12-31-13-11-29)21-15-16-14-17(5-6-18(16)27-21)26-23-25-9-7-20(28-23)19-4-1-2-8-24-19/h1-2,5-8,11-12,19-20,23,33H,3-4,9-10,13-18H2,(H,31,32,34);3-4,7-12,19-20,32H,5-6,13-18H2,1-2H3,(H,30,31,33);1-2,4-9,14-15,27H,3,10-13H2,(H,25,26,28). The van der Waals surface area contributed by atoms with Crippen LogP contribution in [0.4, 0.5) is 34.9 Å². The van der Waals surface area contributed by atoms with Crippen molar-refractivity contribution < 1.29 is 23.9 Å². The fourth-order valence-corrected chi connectivity index (χ4v) is 13.6. The molecule has 12 aromatic rings. The van der Waals surface area contributed by atoms with Crippen molar-refractivity contribution in [1.29, 1.82) is 0 Å². The van der Waals surface area contributed by atoms with Gasteiger partial charge in [-0.15, -0.1) is 0 Å². The molecule has 106 heavy (non-hydrogen) atoms. The van der Waals surface area contributed by atoms with E-state index in [9.17, 15) is 14.4 Å². The molecule has 0 radical (unpaired) electrons. The van der Waals surface area contributed by atoms with Gasteiger partial charge >= 0.3 is 0 Å². The molecule has 9 aromatic heterocycles. The largest absolute Gasteiger partial charge is 0.380 e. The number of carbonyl (C=O) groups is 3. The lowest BCUT2D eigenvalue weighted by molar-refractivity contribution is 0.00196. The van der Waals surface area contributed by atoms with Crippen molar-refractivity contribution in [3.05, 3.63) is 200 Å².